The largest absolute Gasteiger partial charge is 0.493 e. The fourth-order valence-electron chi connectivity index (χ4n) is 4.60. The van der Waals surface area contributed by atoms with Gasteiger partial charge in [0.1, 0.15) is 6.07 Å². The van der Waals surface area contributed by atoms with Gasteiger partial charge in [-0.3, -0.25) is 9.36 Å². The van der Waals surface area contributed by atoms with Crippen LogP contribution >= 0.6 is 27.3 Å². The lowest BCUT2D eigenvalue weighted by Crippen LogP contribution is -2.40. The number of fused-ring (bicyclic) bond motifs is 1. The predicted molar refractivity (Wildman–Crippen MR) is 167 cm³/mol. The third kappa shape index (κ3) is 7.21. The first kappa shape index (κ1) is 33.3. The normalized spacial score (nSPS) is 14.2. The van der Waals surface area contributed by atoms with Crippen molar-refractivity contribution in [2.75, 3.05) is 40.6 Å². The first-order valence-corrected chi connectivity index (χ1v) is 15.3. The minimum atomic E-state index is -0.903. The van der Waals surface area contributed by atoms with Crippen molar-refractivity contribution in [3.63, 3.8) is 0 Å². The molecule has 2 aromatic carbocycles. The quantitative estimate of drug-likeness (QED) is 0.258. The van der Waals surface area contributed by atoms with Crippen molar-refractivity contribution in [2.24, 2.45) is 4.99 Å². The summed E-state index contributed by atoms with van der Waals surface area (Å²) < 4.78 is 34.7. The molecule has 0 fully saturated rings. The Morgan fingerprint density at radius 1 is 1.09 bits per heavy atom. The molecule has 0 saturated heterocycles. The van der Waals surface area contributed by atoms with Crippen LogP contribution in [-0.2, 0) is 19.1 Å². The Bertz CT molecular complexity index is 1870. The number of hydrogen-bond donors (Lipinski definition) is 0. The summed E-state index contributed by atoms with van der Waals surface area (Å²) in [6, 6.07) is 9.40. The molecule has 1 aromatic heterocycles. The fourth-order valence-corrected chi connectivity index (χ4v) is 6.22. The van der Waals surface area contributed by atoms with Crippen LogP contribution in [0, 0.1) is 11.3 Å². The van der Waals surface area contributed by atoms with Gasteiger partial charge in [-0.2, -0.15) is 5.26 Å². The molecular weight excluding hydrogens is 670 g/mol. The Hall–Kier alpha value is -4.61. The van der Waals surface area contributed by atoms with E-state index in [1.165, 1.54) is 18.8 Å². The second kappa shape index (κ2) is 14.9. The van der Waals surface area contributed by atoms with Gasteiger partial charge in [-0.05, 0) is 78.2 Å². The van der Waals surface area contributed by atoms with Crippen molar-refractivity contribution in [2.45, 2.75) is 26.8 Å². The van der Waals surface area contributed by atoms with Gasteiger partial charge in [-0.25, -0.2) is 14.6 Å². The Morgan fingerprint density at radius 3 is 2.53 bits per heavy atom. The number of hydrogen-bond acceptors (Lipinski definition) is 12. The molecule has 0 unspecified atom stereocenters. The van der Waals surface area contributed by atoms with Crippen molar-refractivity contribution in [1.29, 1.82) is 5.26 Å². The third-order valence-electron chi connectivity index (χ3n) is 6.50. The average molecular weight is 701 g/mol. The number of allylic oxidation sites excluding steroid dienone is 1. The van der Waals surface area contributed by atoms with Crippen LogP contribution in [0.15, 0.2) is 55.9 Å². The highest BCUT2D eigenvalue weighted by molar-refractivity contribution is 9.10. The number of nitriles is 1. The fraction of sp³-hybridized carbons (Fsp3) is 0.323. The lowest BCUT2D eigenvalue weighted by atomic mass is 9.95. The van der Waals surface area contributed by atoms with Gasteiger partial charge in [-0.15, -0.1) is 0 Å². The van der Waals surface area contributed by atoms with Gasteiger partial charge in [-0.1, -0.05) is 17.4 Å². The summed E-state index contributed by atoms with van der Waals surface area (Å²) in [6.45, 7) is 5.10. The highest BCUT2D eigenvalue weighted by Crippen LogP contribution is 2.38. The first-order valence-electron chi connectivity index (χ1n) is 13.7. The lowest BCUT2D eigenvalue weighted by Gasteiger charge is -2.25. The number of rotatable bonds is 12. The number of methoxy groups -OCH3 is 2. The number of aromatic nitrogens is 1. The highest BCUT2D eigenvalue weighted by Gasteiger charge is 2.34. The monoisotopic (exact) mass is 699 g/mol. The molecule has 14 heteroatoms. The minimum Gasteiger partial charge on any atom is -0.493 e. The van der Waals surface area contributed by atoms with Gasteiger partial charge in [0.05, 0.1) is 53.8 Å². The summed E-state index contributed by atoms with van der Waals surface area (Å²) in [7, 11) is 2.73. The zero-order valence-corrected chi connectivity index (χ0v) is 27.6. The smallest absolute Gasteiger partial charge is 0.343 e. The van der Waals surface area contributed by atoms with Gasteiger partial charge in [0.15, 0.2) is 41.0 Å². The van der Waals surface area contributed by atoms with Crippen LogP contribution in [0.4, 0.5) is 0 Å². The molecule has 3 aromatic rings. The number of thiazole rings is 1. The summed E-state index contributed by atoms with van der Waals surface area (Å²) in [5, 5.41) is 8.91. The van der Waals surface area contributed by atoms with E-state index in [9.17, 15) is 14.4 Å². The molecule has 2 heterocycles. The van der Waals surface area contributed by atoms with Crippen LogP contribution < -0.4 is 33.8 Å². The molecule has 236 valence electrons. The van der Waals surface area contributed by atoms with Crippen molar-refractivity contribution in [3.05, 3.63) is 76.9 Å². The molecule has 12 nitrogen and oxygen atoms in total. The van der Waals surface area contributed by atoms with Crippen molar-refractivity contribution >= 4 is 45.3 Å². The third-order valence-corrected chi connectivity index (χ3v) is 8.08. The molecule has 0 spiro atoms. The predicted octanol–water partition coefficient (Wildman–Crippen LogP) is 3.42. The standard InChI is InChI=1S/C31H30BrN3O9S/c1-6-41-22-15-19(8-9-21(22)44-16-25(36)40-5)27-26(30(38)42-7-2)17(3)34-31-35(27)29(37)24(45-31)14-18-12-20(32)28(43-11-10-33)23(13-18)39-4/h8-9,12-15,27H,6-7,11,16H2,1-5H3/b24-14-/t27-/m1/s1. The second-order valence-corrected chi connectivity index (χ2v) is 11.2. The van der Waals surface area contributed by atoms with Gasteiger partial charge in [0.25, 0.3) is 5.56 Å². The molecule has 4 rings (SSSR count). The van der Waals surface area contributed by atoms with Gasteiger partial charge < -0.3 is 28.4 Å². The second-order valence-electron chi connectivity index (χ2n) is 9.29. The van der Waals surface area contributed by atoms with E-state index < -0.39 is 18.0 Å². The number of nitrogens with zero attached hydrogens (tertiary/aromatic N) is 3. The summed E-state index contributed by atoms with van der Waals surface area (Å²) in [4.78, 5) is 44.0. The van der Waals surface area contributed by atoms with Crippen LogP contribution in [0.3, 0.4) is 0 Å². The van der Waals surface area contributed by atoms with E-state index in [0.717, 1.165) is 11.3 Å². The maximum Gasteiger partial charge on any atom is 0.343 e. The molecule has 0 bridgehead atoms. The van der Waals surface area contributed by atoms with Crippen LogP contribution in [0.5, 0.6) is 23.0 Å². The van der Waals surface area contributed by atoms with Crippen LogP contribution in [0.1, 0.15) is 37.9 Å². The summed E-state index contributed by atoms with van der Waals surface area (Å²) >= 11 is 4.61. The number of esters is 2. The molecule has 0 saturated carbocycles. The molecule has 45 heavy (non-hydrogen) atoms. The average Bonchev–Trinajstić information content (AvgIpc) is 3.32. The van der Waals surface area contributed by atoms with Crippen LogP contribution in [0.25, 0.3) is 6.08 Å². The van der Waals surface area contributed by atoms with E-state index in [4.69, 9.17) is 28.9 Å². The highest BCUT2D eigenvalue weighted by atomic mass is 79.9. The summed E-state index contributed by atoms with van der Waals surface area (Å²) in [5.41, 5.74) is 1.37. The van der Waals surface area contributed by atoms with E-state index >= 15 is 0 Å². The molecule has 0 aliphatic carbocycles. The first-order chi connectivity index (χ1) is 21.7. The Labute approximate surface area is 270 Å². The molecule has 0 amide bonds. The number of halogens is 1. The maximum absolute atomic E-state index is 14.1. The molecular formula is C31H30BrN3O9S. The number of benzene rings is 2. The molecule has 1 atom stereocenters. The van der Waals surface area contributed by atoms with Crippen LogP contribution in [0.2, 0.25) is 0 Å². The van der Waals surface area contributed by atoms with Gasteiger partial charge in [0.2, 0.25) is 0 Å². The number of carbonyl (C=O) groups is 2. The maximum atomic E-state index is 14.1. The van der Waals surface area contributed by atoms with E-state index in [-0.39, 0.29) is 31.0 Å². The SMILES string of the molecule is CCOC(=O)C1=C(C)N=c2s/c(=C\c3cc(Br)c(OCC#N)c(OC)c3)c(=O)n2[C@@H]1c1ccc(OCC(=O)OC)c(OCC)c1. The Morgan fingerprint density at radius 2 is 1.87 bits per heavy atom. The Balaban J connectivity index is 1.89. The molecule has 1 aliphatic heterocycles. The lowest BCUT2D eigenvalue weighted by molar-refractivity contribution is -0.143. The van der Waals surface area contributed by atoms with E-state index in [2.05, 4.69) is 25.7 Å². The van der Waals surface area contributed by atoms with Crippen molar-refractivity contribution in [1.82, 2.24) is 4.57 Å². The molecule has 0 N–H and O–H groups in total. The number of ether oxygens (including phenoxy) is 6. The summed E-state index contributed by atoms with van der Waals surface area (Å²) in [6.07, 6.45) is 1.68. The zero-order valence-electron chi connectivity index (χ0n) is 25.2. The van der Waals surface area contributed by atoms with E-state index in [0.29, 0.717) is 60.2 Å². The van der Waals surface area contributed by atoms with Gasteiger partial charge >= 0.3 is 11.9 Å². The zero-order chi connectivity index (χ0) is 32.7. The van der Waals surface area contributed by atoms with E-state index in [1.54, 1.807) is 57.2 Å². The van der Waals surface area contributed by atoms with E-state index in [1.807, 2.05) is 6.07 Å². The molecule has 0 radical (unpaired) electrons. The molecule has 1 aliphatic rings. The topological polar surface area (TPSA) is 148 Å². The van der Waals surface area contributed by atoms with Crippen molar-refractivity contribution in [3.8, 4) is 29.1 Å². The minimum absolute atomic E-state index is 0.127. The van der Waals surface area contributed by atoms with Gasteiger partial charge in [0, 0.05) is 0 Å². The summed E-state index contributed by atoms with van der Waals surface area (Å²) in [5.74, 6) is 0.161. The van der Waals surface area contributed by atoms with Crippen LogP contribution in [-0.4, -0.2) is 57.2 Å². The number of carbonyl (C=O) groups excluding carboxylic acids is 2. The Kier molecular flexibility index (Phi) is 11.0. The van der Waals surface area contributed by atoms with Crippen molar-refractivity contribution < 1.29 is 38.0 Å².